The molecule has 3 rings (SSSR count). The van der Waals surface area contributed by atoms with Gasteiger partial charge in [-0.2, -0.15) is 0 Å². The fourth-order valence-electron chi connectivity index (χ4n) is 3.58. The first-order valence-electron chi connectivity index (χ1n) is 9.00. The molecule has 1 fully saturated rings. The summed E-state index contributed by atoms with van der Waals surface area (Å²) in [4.78, 5) is 7.14. The van der Waals surface area contributed by atoms with Crippen LogP contribution in [0.5, 0.6) is 11.5 Å². The van der Waals surface area contributed by atoms with Crippen LogP contribution in [0.1, 0.15) is 29.9 Å². The van der Waals surface area contributed by atoms with Crippen LogP contribution in [0.3, 0.4) is 0 Å². The number of nitrogens with zero attached hydrogens (tertiary/aromatic N) is 2. The number of hydrogen-bond donors (Lipinski definition) is 0. The molecule has 1 aromatic carbocycles. The Balaban J connectivity index is 1.85. The summed E-state index contributed by atoms with van der Waals surface area (Å²) in [5.41, 5.74) is 2.74. The molecule has 0 radical (unpaired) electrons. The van der Waals surface area contributed by atoms with Crippen LogP contribution in [0.4, 0.5) is 0 Å². The number of aromatic nitrogens is 1. The van der Waals surface area contributed by atoms with Gasteiger partial charge in [-0.15, -0.1) is 0 Å². The van der Waals surface area contributed by atoms with Gasteiger partial charge in [0.05, 0.1) is 31.6 Å². The summed E-state index contributed by atoms with van der Waals surface area (Å²) in [6.07, 6.45) is 2.58. The fraction of sp³-hybridized carbons (Fsp3) is 0.550. The van der Waals surface area contributed by atoms with Crippen LogP contribution in [-0.2, 0) is 11.3 Å². The molecule has 0 spiro atoms. The van der Waals surface area contributed by atoms with Gasteiger partial charge < -0.3 is 18.6 Å². The topological polar surface area (TPSA) is 57.0 Å². The third kappa shape index (κ3) is 3.71. The minimum absolute atomic E-state index is 0.305. The van der Waals surface area contributed by atoms with E-state index in [1.807, 2.05) is 26.0 Å². The van der Waals surface area contributed by atoms with E-state index in [9.17, 15) is 0 Å². The summed E-state index contributed by atoms with van der Waals surface area (Å²) in [6, 6.07) is 3.85. The van der Waals surface area contributed by atoms with E-state index in [1.165, 1.54) is 0 Å². The van der Waals surface area contributed by atoms with Crippen LogP contribution in [0.2, 0.25) is 0 Å². The number of ether oxygens (including phenoxy) is 3. The predicted molar refractivity (Wildman–Crippen MR) is 99.8 cm³/mol. The zero-order valence-corrected chi connectivity index (χ0v) is 16.3. The van der Waals surface area contributed by atoms with E-state index in [-0.39, 0.29) is 0 Å². The van der Waals surface area contributed by atoms with Crippen LogP contribution in [-0.4, -0.2) is 50.4 Å². The fourth-order valence-corrected chi connectivity index (χ4v) is 3.58. The average molecular weight is 360 g/mol. The minimum atomic E-state index is 0.305. The van der Waals surface area contributed by atoms with Gasteiger partial charge in [0.15, 0.2) is 0 Å². The van der Waals surface area contributed by atoms with Gasteiger partial charge in [0, 0.05) is 25.8 Å². The molecule has 1 saturated heterocycles. The van der Waals surface area contributed by atoms with Crippen LogP contribution in [0, 0.1) is 13.8 Å². The van der Waals surface area contributed by atoms with Crippen molar-refractivity contribution in [2.24, 2.45) is 0 Å². The Kier molecular flexibility index (Phi) is 5.84. The molecule has 0 saturated carbocycles. The number of rotatable bonds is 6. The standard InChI is InChI=1S/C20H28N2O4/c1-13-18(24-4)9-8-16(19(13)25-5)20-21-17(14(2)26-20)12-22-10-6-7-15(11-22)23-3/h8-9,15H,6-7,10-12H2,1-5H3/t15-/m1/s1. The molecule has 2 aromatic rings. The second-order valence-electron chi connectivity index (χ2n) is 6.73. The highest BCUT2D eigenvalue weighted by molar-refractivity contribution is 5.68. The van der Waals surface area contributed by atoms with Crippen molar-refractivity contribution in [1.29, 1.82) is 0 Å². The molecule has 0 aliphatic carbocycles. The van der Waals surface area contributed by atoms with E-state index >= 15 is 0 Å². The quantitative estimate of drug-likeness (QED) is 0.785. The lowest BCUT2D eigenvalue weighted by Crippen LogP contribution is -2.38. The predicted octanol–water partition coefficient (Wildman–Crippen LogP) is 3.59. The molecule has 6 nitrogen and oxygen atoms in total. The van der Waals surface area contributed by atoms with Crippen LogP contribution in [0.25, 0.3) is 11.5 Å². The lowest BCUT2D eigenvalue weighted by atomic mass is 10.1. The second-order valence-corrected chi connectivity index (χ2v) is 6.73. The molecule has 0 bridgehead atoms. The summed E-state index contributed by atoms with van der Waals surface area (Å²) in [5.74, 6) is 2.94. The molecular formula is C20H28N2O4. The largest absolute Gasteiger partial charge is 0.496 e. The normalized spacial score (nSPS) is 18.1. The average Bonchev–Trinajstić information content (AvgIpc) is 3.01. The molecule has 2 heterocycles. The van der Waals surface area contributed by atoms with Crippen molar-refractivity contribution in [2.45, 2.75) is 39.3 Å². The van der Waals surface area contributed by atoms with Gasteiger partial charge in [-0.1, -0.05) is 0 Å². The lowest BCUT2D eigenvalue weighted by molar-refractivity contribution is 0.0280. The van der Waals surface area contributed by atoms with E-state index in [0.717, 1.165) is 66.6 Å². The van der Waals surface area contributed by atoms with Crippen molar-refractivity contribution in [3.8, 4) is 23.0 Å². The summed E-state index contributed by atoms with van der Waals surface area (Å²) in [6.45, 7) is 6.70. The molecule has 6 heteroatoms. The number of aryl methyl sites for hydroxylation is 1. The summed E-state index contributed by atoms with van der Waals surface area (Å²) >= 11 is 0. The number of hydrogen-bond acceptors (Lipinski definition) is 6. The van der Waals surface area contributed by atoms with Gasteiger partial charge >= 0.3 is 0 Å². The summed E-state index contributed by atoms with van der Waals surface area (Å²) in [5, 5.41) is 0. The molecule has 1 aliphatic rings. The number of likely N-dealkylation sites (tertiary alicyclic amines) is 1. The van der Waals surface area contributed by atoms with E-state index < -0.39 is 0 Å². The van der Waals surface area contributed by atoms with Crippen LogP contribution < -0.4 is 9.47 Å². The molecule has 1 atom stereocenters. The third-order valence-corrected chi connectivity index (χ3v) is 5.07. The van der Waals surface area contributed by atoms with Gasteiger partial charge in [0.25, 0.3) is 0 Å². The maximum atomic E-state index is 5.98. The molecule has 0 amide bonds. The molecular weight excluding hydrogens is 332 g/mol. The molecule has 26 heavy (non-hydrogen) atoms. The van der Waals surface area contributed by atoms with E-state index in [1.54, 1.807) is 21.3 Å². The Morgan fingerprint density at radius 2 is 2.00 bits per heavy atom. The zero-order chi connectivity index (χ0) is 18.7. The van der Waals surface area contributed by atoms with E-state index in [4.69, 9.17) is 23.6 Å². The smallest absolute Gasteiger partial charge is 0.230 e. The van der Waals surface area contributed by atoms with Crippen molar-refractivity contribution in [3.63, 3.8) is 0 Å². The van der Waals surface area contributed by atoms with Crippen LogP contribution >= 0.6 is 0 Å². The van der Waals surface area contributed by atoms with E-state index in [0.29, 0.717) is 12.0 Å². The lowest BCUT2D eigenvalue weighted by Gasteiger charge is -2.31. The van der Waals surface area contributed by atoms with E-state index in [2.05, 4.69) is 4.90 Å². The van der Waals surface area contributed by atoms with Crippen molar-refractivity contribution < 1.29 is 18.6 Å². The van der Waals surface area contributed by atoms with Gasteiger partial charge in [-0.05, 0) is 45.4 Å². The van der Waals surface area contributed by atoms with Crippen molar-refractivity contribution >= 4 is 0 Å². The first-order valence-corrected chi connectivity index (χ1v) is 9.00. The first-order chi connectivity index (χ1) is 12.6. The molecule has 0 N–H and O–H groups in total. The Bertz CT molecular complexity index is 757. The SMILES string of the molecule is COc1ccc(-c2nc(CN3CCC[C@@H](OC)C3)c(C)o2)c(OC)c1C. The first kappa shape index (κ1) is 18.7. The Morgan fingerprint density at radius 1 is 1.19 bits per heavy atom. The maximum Gasteiger partial charge on any atom is 0.230 e. The Labute approximate surface area is 155 Å². The maximum absolute atomic E-state index is 5.98. The number of benzene rings is 1. The van der Waals surface area contributed by atoms with Crippen LogP contribution in [0.15, 0.2) is 16.5 Å². The molecule has 0 unspecified atom stereocenters. The van der Waals surface area contributed by atoms with Crippen molar-refractivity contribution in [2.75, 3.05) is 34.4 Å². The monoisotopic (exact) mass is 360 g/mol. The van der Waals surface area contributed by atoms with Gasteiger partial charge in [0.2, 0.25) is 5.89 Å². The van der Waals surface area contributed by atoms with Crippen molar-refractivity contribution in [3.05, 3.63) is 29.2 Å². The summed E-state index contributed by atoms with van der Waals surface area (Å²) in [7, 11) is 5.09. The Hall–Kier alpha value is -2.05. The summed E-state index contributed by atoms with van der Waals surface area (Å²) < 4.78 is 22.5. The number of methoxy groups -OCH3 is 3. The van der Waals surface area contributed by atoms with Gasteiger partial charge in [0.1, 0.15) is 17.3 Å². The highest BCUT2D eigenvalue weighted by Gasteiger charge is 2.23. The minimum Gasteiger partial charge on any atom is -0.496 e. The number of piperidine rings is 1. The van der Waals surface area contributed by atoms with Crippen molar-refractivity contribution in [1.82, 2.24) is 9.88 Å². The Morgan fingerprint density at radius 3 is 2.69 bits per heavy atom. The molecule has 1 aromatic heterocycles. The number of oxazole rings is 1. The highest BCUT2D eigenvalue weighted by atomic mass is 16.5. The van der Waals surface area contributed by atoms with Gasteiger partial charge in [-0.3, -0.25) is 4.90 Å². The molecule has 1 aliphatic heterocycles. The third-order valence-electron chi connectivity index (χ3n) is 5.07. The van der Waals surface area contributed by atoms with Gasteiger partial charge in [-0.25, -0.2) is 4.98 Å². The zero-order valence-electron chi connectivity index (χ0n) is 16.3. The molecule has 142 valence electrons. The second kappa shape index (κ2) is 8.10. The highest BCUT2D eigenvalue weighted by Crippen LogP contribution is 2.38.